The van der Waals surface area contributed by atoms with Crippen LogP contribution in [0.4, 0.5) is 0 Å². The first-order valence-corrected chi connectivity index (χ1v) is 11.7. The Balaban J connectivity index is 1.57. The average molecular weight is 408 g/mol. The first-order chi connectivity index (χ1) is 13.9. The SMILES string of the molecule is CCN1C[C@]2(COC)CC[C@H](O)[C@]34C1[C@H](C[C@H]23)[C@@]1(O)C[C@H](OC)[C@H]2C[C@@H]4[C@@H]1[C@H]2O. The summed E-state index contributed by atoms with van der Waals surface area (Å²) in [4.78, 5) is 2.57. The molecule has 1 unspecified atom stereocenters. The molecule has 6 rings (SSSR count). The minimum atomic E-state index is -0.901. The van der Waals surface area contributed by atoms with Crippen molar-refractivity contribution in [2.24, 2.45) is 40.4 Å². The Hall–Kier alpha value is -0.240. The van der Waals surface area contributed by atoms with E-state index in [-0.39, 0.29) is 52.8 Å². The lowest BCUT2D eigenvalue weighted by molar-refractivity contribution is -0.272. The summed E-state index contributed by atoms with van der Waals surface area (Å²) in [5.74, 6) is 0.553. The predicted octanol–water partition coefficient (Wildman–Crippen LogP) is 0.877. The van der Waals surface area contributed by atoms with Gasteiger partial charge in [-0.05, 0) is 44.1 Å². The van der Waals surface area contributed by atoms with E-state index in [9.17, 15) is 15.3 Å². The average Bonchev–Trinajstić information content (AvgIpc) is 3.13. The zero-order valence-electron chi connectivity index (χ0n) is 18.0. The highest BCUT2D eigenvalue weighted by molar-refractivity contribution is 5.33. The molecule has 1 heterocycles. The third-order valence-electron chi connectivity index (χ3n) is 10.9. The lowest BCUT2D eigenvalue weighted by Gasteiger charge is -2.69. The standard InChI is InChI=1S/C23H37NO5/c1-4-24-10-21(11-28-2)6-5-17(25)23-13-7-12-15(29-3)9-22(27,18(13)19(12)26)14(20(23)24)8-16(21)23/h12-20,25-27H,4-11H2,1-3H3/t12-,13-,14+,15+,16-,17+,18-,19+,20?,21+,22+,23-/m1/s1. The van der Waals surface area contributed by atoms with Gasteiger partial charge in [-0.1, -0.05) is 6.92 Å². The summed E-state index contributed by atoms with van der Waals surface area (Å²) in [7, 11) is 3.52. The molecule has 0 aromatic carbocycles. The van der Waals surface area contributed by atoms with E-state index in [4.69, 9.17) is 9.47 Å². The Kier molecular flexibility index (Phi) is 4.00. The number of rotatable bonds is 4. The van der Waals surface area contributed by atoms with Gasteiger partial charge in [-0.15, -0.1) is 0 Å². The van der Waals surface area contributed by atoms with Crippen molar-refractivity contribution in [1.29, 1.82) is 0 Å². The maximum Gasteiger partial charge on any atom is 0.0771 e. The maximum atomic E-state index is 12.2. The maximum absolute atomic E-state index is 12.2. The van der Waals surface area contributed by atoms with Crippen LogP contribution in [0.15, 0.2) is 0 Å². The predicted molar refractivity (Wildman–Crippen MR) is 106 cm³/mol. The Bertz CT molecular complexity index is 705. The van der Waals surface area contributed by atoms with Crippen LogP contribution in [0.3, 0.4) is 0 Å². The van der Waals surface area contributed by atoms with Gasteiger partial charge in [0.2, 0.25) is 0 Å². The monoisotopic (exact) mass is 407 g/mol. The molecule has 6 nitrogen and oxygen atoms in total. The van der Waals surface area contributed by atoms with Crippen LogP contribution in [-0.4, -0.2) is 84.1 Å². The van der Waals surface area contributed by atoms with Gasteiger partial charge in [0.15, 0.2) is 0 Å². The normalized spacial score (nSPS) is 62.5. The van der Waals surface area contributed by atoms with Gasteiger partial charge < -0.3 is 24.8 Å². The van der Waals surface area contributed by atoms with E-state index < -0.39 is 11.7 Å². The van der Waals surface area contributed by atoms with Gasteiger partial charge in [0, 0.05) is 61.8 Å². The van der Waals surface area contributed by atoms with E-state index in [1.165, 1.54) is 0 Å². The third kappa shape index (κ3) is 1.93. The van der Waals surface area contributed by atoms with Crippen LogP contribution >= 0.6 is 0 Å². The number of ether oxygens (including phenoxy) is 2. The van der Waals surface area contributed by atoms with Crippen LogP contribution in [0.1, 0.15) is 39.0 Å². The molecule has 6 heteroatoms. The van der Waals surface area contributed by atoms with Crippen LogP contribution in [0.5, 0.6) is 0 Å². The topological polar surface area (TPSA) is 82.4 Å². The summed E-state index contributed by atoms with van der Waals surface area (Å²) in [5, 5.41) is 35.2. The van der Waals surface area contributed by atoms with Gasteiger partial charge in [-0.3, -0.25) is 4.90 Å². The molecule has 6 aliphatic rings. The van der Waals surface area contributed by atoms with Gasteiger partial charge in [-0.25, -0.2) is 0 Å². The quantitative estimate of drug-likeness (QED) is 0.642. The first kappa shape index (κ1) is 19.4. The van der Waals surface area contributed by atoms with Gasteiger partial charge in [0.25, 0.3) is 0 Å². The van der Waals surface area contributed by atoms with Gasteiger partial charge >= 0.3 is 0 Å². The third-order valence-corrected chi connectivity index (χ3v) is 10.9. The molecule has 1 spiro atoms. The van der Waals surface area contributed by atoms with E-state index in [0.29, 0.717) is 12.3 Å². The number of hydrogen-bond acceptors (Lipinski definition) is 6. The van der Waals surface area contributed by atoms with Gasteiger partial charge in [0.1, 0.15) is 0 Å². The number of methoxy groups -OCH3 is 2. The summed E-state index contributed by atoms with van der Waals surface area (Å²) < 4.78 is 11.6. The minimum Gasteiger partial charge on any atom is -0.392 e. The number of nitrogens with zero attached hydrogens (tertiary/aromatic N) is 1. The molecule has 0 aromatic rings. The molecule has 0 aromatic heterocycles. The Morgan fingerprint density at radius 2 is 1.93 bits per heavy atom. The molecule has 5 saturated carbocycles. The Morgan fingerprint density at radius 3 is 2.62 bits per heavy atom. The van der Waals surface area contributed by atoms with Crippen molar-refractivity contribution in [3.05, 3.63) is 0 Å². The van der Waals surface area contributed by atoms with E-state index >= 15 is 0 Å². The smallest absolute Gasteiger partial charge is 0.0771 e. The Labute approximate surface area is 173 Å². The summed E-state index contributed by atoms with van der Waals surface area (Å²) in [6, 6.07) is 0.200. The zero-order valence-corrected chi connectivity index (χ0v) is 18.0. The summed E-state index contributed by atoms with van der Waals surface area (Å²) in [5.41, 5.74) is -1.08. The van der Waals surface area contributed by atoms with Crippen molar-refractivity contribution in [3.8, 4) is 0 Å². The van der Waals surface area contributed by atoms with Crippen molar-refractivity contribution in [1.82, 2.24) is 4.90 Å². The van der Waals surface area contributed by atoms with E-state index in [2.05, 4.69) is 11.8 Å². The number of likely N-dealkylation sites (tertiary alicyclic amines) is 1. The minimum absolute atomic E-state index is 0.0495. The molecule has 12 atom stereocenters. The van der Waals surface area contributed by atoms with Crippen molar-refractivity contribution in [3.63, 3.8) is 0 Å². The lowest BCUT2D eigenvalue weighted by Crippen LogP contribution is -2.76. The van der Waals surface area contributed by atoms with Crippen molar-refractivity contribution in [2.45, 2.75) is 69.0 Å². The summed E-state index contributed by atoms with van der Waals surface area (Å²) in [6.45, 7) is 4.88. The fraction of sp³-hybridized carbons (Fsp3) is 1.00. The number of aliphatic hydroxyl groups excluding tert-OH is 2. The second-order valence-corrected chi connectivity index (χ2v) is 11.2. The molecular formula is C23H37NO5. The molecular weight excluding hydrogens is 370 g/mol. The largest absolute Gasteiger partial charge is 0.392 e. The van der Waals surface area contributed by atoms with E-state index in [1.54, 1.807) is 14.2 Å². The van der Waals surface area contributed by atoms with E-state index in [1.807, 2.05) is 0 Å². The number of piperidine rings is 1. The Morgan fingerprint density at radius 1 is 1.14 bits per heavy atom. The molecule has 0 amide bonds. The summed E-state index contributed by atoms with van der Waals surface area (Å²) >= 11 is 0. The van der Waals surface area contributed by atoms with Gasteiger partial charge in [0.05, 0.1) is 30.5 Å². The van der Waals surface area contributed by atoms with Crippen molar-refractivity contribution in [2.75, 3.05) is 33.9 Å². The highest BCUT2D eigenvalue weighted by Gasteiger charge is 2.83. The van der Waals surface area contributed by atoms with Crippen LogP contribution in [-0.2, 0) is 9.47 Å². The second-order valence-electron chi connectivity index (χ2n) is 11.2. The molecule has 3 N–H and O–H groups in total. The molecule has 0 radical (unpaired) electrons. The van der Waals surface area contributed by atoms with E-state index in [0.717, 1.165) is 45.4 Å². The number of hydrogen-bond donors (Lipinski definition) is 3. The van der Waals surface area contributed by atoms with Gasteiger partial charge in [-0.2, -0.15) is 0 Å². The molecule has 1 saturated heterocycles. The van der Waals surface area contributed by atoms with Crippen molar-refractivity contribution < 1.29 is 24.8 Å². The van der Waals surface area contributed by atoms with Crippen LogP contribution in [0.2, 0.25) is 0 Å². The molecule has 7 bridgehead atoms. The fourth-order valence-corrected chi connectivity index (χ4v) is 10.4. The molecule has 164 valence electrons. The lowest BCUT2D eigenvalue weighted by atomic mass is 9.43. The molecule has 6 fully saturated rings. The molecule has 29 heavy (non-hydrogen) atoms. The first-order valence-electron chi connectivity index (χ1n) is 11.7. The zero-order chi connectivity index (χ0) is 20.3. The molecule has 5 aliphatic carbocycles. The number of fused-ring (bicyclic) bond motifs is 2. The van der Waals surface area contributed by atoms with Crippen LogP contribution in [0.25, 0.3) is 0 Å². The number of aliphatic hydroxyl groups is 3. The molecule has 1 aliphatic heterocycles. The second kappa shape index (κ2) is 5.96. The fourth-order valence-electron chi connectivity index (χ4n) is 10.4. The summed E-state index contributed by atoms with van der Waals surface area (Å²) in [6.07, 6.45) is 3.27. The van der Waals surface area contributed by atoms with Crippen LogP contribution in [0, 0.1) is 40.4 Å². The van der Waals surface area contributed by atoms with Crippen molar-refractivity contribution >= 4 is 0 Å². The highest BCUT2D eigenvalue weighted by Crippen LogP contribution is 2.78. The van der Waals surface area contributed by atoms with Crippen LogP contribution < -0.4 is 0 Å². The highest BCUT2D eigenvalue weighted by atomic mass is 16.5.